The number of aryl methyl sites for hydroxylation is 1. The summed E-state index contributed by atoms with van der Waals surface area (Å²) >= 11 is 0. The zero-order valence-electron chi connectivity index (χ0n) is 11.8. The molecule has 0 radical (unpaired) electrons. The first-order chi connectivity index (χ1) is 8.95. The van der Waals surface area contributed by atoms with Crippen molar-refractivity contribution in [3.8, 4) is 0 Å². The van der Waals surface area contributed by atoms with Crippen molar-refractivity contribution in [1.29, 1.82) is 0 Å². The molecular weight excluding hydrogens is 284 g/mol. The predicted molar refractivity (Wildman–Crippen MR) is 73.9 cm³/mol. The van der Waals surface area contributed by atoms with Gasteiger partial charge in [-0.2, -0.15) is 4.31 Å². The molecule has 0 saturated carbocycles. The van der Waals surface area contributed by atoms with E-state index < -0.39 is 20.5 Å². The van der Waals surface area contributed by atoms with Crippen LogP contribution >= 0.6 is 0 Å². The number of nitro groups is 1. The normalized spacial score (nSPS) is 12.7. The summed E-state index contributed by atoms with van der Waals surface area (Å²) in [5.74, 6) is 0. The standard InChI is InChI=1S/C12H18N2O5S/c1-9-5-6-10(14(16)17)7-11(9)20(18,19)13(4)8-12(2,3)15/h5-7,15H,8H2,1-4H3. The van der Waals surface area contributed by atoms with E-state index >= 15 is 0 Å². The maximum Gasteiger partial charge on any atom is 0.270 e. The average Bonchev–Trinajstić information content (AvgIpc) is 2.26. The second-order valence-electron chi connectivity index (χ2n) is 5.28. The summed E-state index contributed by atoms with van der Waals surface area (Å²) in [4.78, 5) is 9.98. The molecule has 0 saturated heterocycles. The highest BCUT2D eigenvalue weighted by Crippen LogP contribution is 2.24. The molecule has 0 aliphatic rings. The maximum absolute atomic E-state index is 12.4. The summed E-state index contributed by atoms with van der Waals surface area (Å²) in [5.41, 5.74) is -1.07. The SMILES string of the molecule is Cc1ccc([N+](=O)[O-])cc1S(=O)(=O)N(C)CC(C)(C)O. The van der Waals surface area contributed by atoms with Gasteiger partial charge in [0, 0.05) is 25.7 Å². The zero-order valence-corrected chi connectivity index (χ0v) is 12.6. The van der Waals surface area contributed by atoms with E-state index in [9.17, 15) is 23.6 Å². The summed E-state index contributed by atoms with van der Waals surface area (Å²) < 4.78 is 25.8. The highest BCUT2D eigenvalue weighted by Gasteiger charge is 2.28. The van der Waals surface area contributed by atoms with Gasteiger partial charge < -0.3 is 5.11 Å². The van der Waals surface area contributed by atoms with Gasteiger partial charge in [-0.3, -0.25) is 10.1 Å². The maximum atomic E-state index is 12.4. The van der Waals surface area contributed by atoms with E-state index in [0.717, 1.165) is 10.4 Å². The Labute approximate surface area is 118 Å². The minimum Gasteiger partial charge on any atom is -0.389 e. The molecule has 0 bridgehead atoms. The lowest BCUT2D eigenvalue weighted by molar-refractivity contribution is -0.385. The van der Waals surface area contributed by atoms with Gasteiger partial charge >= 0.3 is 0 Å². The van der Waals surface area contributed by atoms with E-state index in [-0.39, 0.29) is 17.1 Å². The highest BCUT2D eigenvalue weighted by atomic mass is 32.2. The van der Waals surface area contributed by atoms with E-state index in [2.05, 4.69) is 0 Å². The second kappa shape index (κ2) is 5.47. The third-order valence-corrected chi connectivity index (χ3v) is 4.63. The topological polar surface area (TPSA) is 101 Å². The smallest absolute Gasteiger partial charge is 0.270 e. The number of likely N-dealkylation sites (N-methyl/N-ethyl adjacent to an activating group) is 1. The Balaban J connectivity index is 3.28. The Morgan fingerprint density at radius 1 is 1.40 bits per heavy atom. The van der Waals surface area contributed by atoms with Crippen LogP contribution < -0.4 is 0 Å². The van der Waals surface area contributed by atoms with Crippen molar-refractivity contribution in [3.05, 3.63) is 33.9 Å². The molecule has 0 amide bonds. The Morgan fingerprint density at radius 2 is 1.95 bits per heavy atom. The van der Waals surface area contributed by atoms with E-state index in [4.69, 9.17) is 0 Å². The Hall–Kier alpha value is -1.51. The molecular formula is C12H18N2O5S. The fourth-order valence-corrected chi connectivity index (χ4v) is 3.34. The number of hydrogen-bond donors (Lipinski definition) is 1. The van der Waals surface area contributed by atoms with E-state index in [1.807, 2.05) is 0 Å². The largest absolute Gasteiger partial charge is 0.389 e. The molecule has 0 unspecified atom stereocenters. The minimum atomic E-state index is -3.89. The van der Waals surface area contributed by atoms with Crippen LogP contribution in [0.4, 0.5) is 5.69 Å². The van der Waals surface area contributed by atoms with Crippen molar-refractivity contribution in [2.45, 2.75) is 31.3 Å². The highest BCUT2D eigenvalue weighted by molar-refractivity contribution is 7.89. The molecule has 0 heterocycles. The number of nitrogens with zero attached hydrogens (tertiary/aromatic N) is 2. The van der Waals surface area contributed by atoms with Gasteiger partial charge in [-0.1, -0.05) is 6.07 Å². The number of aliphatic hydroxyl groups is 1. The van der Waals surface area contributed by atoms with Crippen molar-refractivity contribution in [2.75, 3.05) is 13.6 Å². The van der Waals surface area contributed by atoms with E-state index in [1.165, 1.54) is 33.0 Å². The zero-order chi connectivity index (χ0) is 15.7. The van der Waals surface area contributed by atoms with Crippen LogP contribution in [-0.2, 0) is 10.0 Å². The number of benzene rings is 1. The van der Waals surface area contributed by atoms with E-state index in [1.54, 1.807) is 6.92 Å². The number of non-ortho nitro benzene ring substituents is 1. The molecule has 20 heavy (non-hydrogen) atoms. The fourth-order valence-electron chi connectivity index (χ4n) is 1.78. The Morgan fingerprint density at radius 3 is 2.40 bits per heavy atom. The lowest BCUT2D eigenvalue weighted by Crippen LogP contribution is -2.39. The van der Waals surface area contributed by atoms with Gasteiger partial charge in [0.15, 0.2) is 0 Å². The first-order valence-corrected chi connectivity index (χ1v) is 7.33. The van der Waals surface area contributed by atoms with Crippen molar-refractivity contribution in [1.82, 2.24) is 4.31 Å². The number of hydrogen-bond acceptors (Lipinski definition) is 5. The van der Waals surface area contributed by atoms with Crippen LogP contribution in [0.2, 0.25) is 0 Å². The fraction of sp³-hybridized carbons (Fsp3) is 0.500. The average molecular weight is 302 g/mol. The molecule has 0 aromatic heterocycles. The number of nitro benzene ring substituents is 1. The van der Waals surface area contributed by atoms with Gasteiger partial charge in [0.1, 0.15) is 0 Å². The quantitative estimate of drug-likeness (QED) is 0.652. The molecule has 7 nitrogen and oxygen atoms in total. The van der Waals surface area contributed by atoms with Gasteiger partial charge in [-0.25, -0.2) is 8.42 Å². The Kier molecular flexibility index (Phi) is 4.52. The van der Waals surface area contributed by atoms with Gasteiger partial charge in [0.2, 0.25) is 10.0 Å². The van der Waals surface area contributed by atoms with Crippen LogP contribution in [-0.4, -0.2) is 41.9 Å². The molecule has 1 rings (SSSR count). The molecule has 112 valence electrons. The van der Waals surface area contributed by atoms with Crippen LogP contribution in [0, 0.1) is 17.0 Å². The van der Waals surface area contributed by atoms with Crippen LogP contribution in [0.15, 0.2) is 23.1 Å². The van der Waals surface area contributed by atoms with Gasteiger partial charge in [-0.05, 0) is 26.3 Å². The summed E-state index contributed by atoms with van der Waals surface area (Å²) in [6.45, 7) is 4.42. The lowest BCUT2D eigenvalue weighted by Gasteiger charge is -2.25. The van der Waals surface area contributed by atoms with Crippen LogP contribution in [0.5, 0.6) is 0 Å². The minimum absolute atomic E-state index is 0.114. The van der Waals surface area contributed by atoms with Gasteiger partial charge in [0.05, 0.1) is 15.4 Å². The van der Waals surface area contributed by atoms with Crippen molar-refractivity contribution >= 4 is 15.7 Å². The number of sulfonamides is 1. The lowest BCUT2D eigenvalue weighted by atomic mass is 10.1. The van der Waals surface area contributed by atoms with Gasteiger partial charge in [-0.15, -0.1) is 0 Å². The first kappa shape index (κ1) is 16.5. The molecule has 0 aliphatic heterocycles. The summed E-state index contributed by atoms with van der Waals surface area (Å²) in [6, 6.07) is 3.68. The molecule has 0 aliphatic carbocycles. The molecule has 8 heteroatoms. The first-order valence-electron chi connectivity index (χ1n) is 5.89. The molecule has 1 N–H and O–H groups in total. The number of rotatable bonds is 5. The molecule has 1 aromatic rings. The van der Waals surface area contributed by atoms with Gasteiger partial charge in [0.25, 0.3) is 5.69 Å². The molecule has 1 aromatic carbocycles. The van der Waals surface area contributed by atoms with Crippen LogP contribution in [0.1, 0.15) is 19.4 Å². The summed E-state index contributed by atoms with van der Waals surface area (Å²) in [7, 11) is -2.56. The van der Waals surface area contributed by atoms with Crippen LogP contribution in [0.3, 0.4) is 0 Å². The third-order valence-electron chi connectivity index (χ3n) is 2.68. The van der Waals surface area contributed by atoms with E-state index in [0.29, 0.717) is 5.56 Å². The monoisotopic (exact) mass is 302 g/mol. The second-order valence-corrected chi connectivity index (χ2v) is 7.29. The summed E-state index contributed by atoms with van der Waals surface area (Å²) in [6.07, 6.45) is 0. The van der Waals surface area contributed by atoms with Crippen molar-refractivity contribution in [2.24, 2.45) is 0 Å². The summed E-state index contributed by atoms with van der Waals surface area (Å²) in [5, 5.41) is 20.4. The molecule has 0 spiro atoms. The Bertz CT molecular complexity index is 619. The molecule has 0 atom stereocenters. The van der Waals surface area contributed by atoms with Crippen molar-refractivity contribution in [3.63, 3.8) is 0 Å². The third kappa shape index (κ3) is 3.75. The van der Waals surface area contributed by atoms with Crippen molar-refractivity contribution < 1.29 is 18.4 Å². The van der Waals surface area contributed by atoms with Crippen LogP contribution in [0.25, 0.3) is 0 Å². The molecule has 0 fully saturated rings. The predicted octanol–water partition coefficient (Wildman–Crippen LogP) is 1.29.